The summed E-state index contributed by atoms with van der Waals surface area (Å²) in [7, 11) is 0. The highest BCUT2D eigenvalue weighted by Crippen LogP contribution is 2.24. The highest BCUT2D eigenvalue weighted by atomic mass is 16.5. The third-order valence-electron chi connectivity index (χ3n) is 5.27. The summed E-state index contributed by atoms with van der Waals surface area (Å²) in [6.45, 7) is 4.09. The van der Waals surface area contributed by atoms with Gasteiger partial charge in [-0.3, -0.25) is 4.79 Å². The van der Waals surface area contributed by atoms with Crippen molar-refractivity contribution in [2.24, 2.45) is 5.92 Å². The van der Waals surface area contributed by atoms with E-state index in [2.05, 4.69) is 20.4 Å². The topological polar surface area (TPSA) is 67.3 Å². The number of anilines is 2. The number of benzene rings is 2. The molecule has 1 aromatic heterocycles. The molecule has 1 aliphatic rings. The SMILES string of the molecule is CCOc1ccc(NC(=O)C2CCCN(c3ccc(-c4ccccc4)nn3)C2)cc1. The number of nitrogens with one attached hydrogen (secondary N) is 1. The summed E-state index contributed by atoms with van der Waals surface area (Å²) >= 11 is 0. The number of carbonyl (C=O) groups excluding carboxylic acids is 1. The van der Waals surface area contributed by atoms with E-state index in [0.717, 1.165) is 47.9 Å². The lowest BCUT2D eigenvalue weighted by Crippen LogP contribution is -2.41. The van der Waals surface area contributed by atoms with Gasteiger partial charge in [0.15, 0.2) is 5.82 Å². The van der Waals surface area contributed by atoms with Crippen LogP contribution in [0.5, 0.6) is 5.75 Å². The van der Waals surface area contributed by atoms with E-state index in [1.807, 2.05) is 73.7 Å². The molecule has 154 valence electrons. The Morgan fingerprint density at radius 1 is 1.07 bits per heavy atom. The minimum absolute atomic E-state index is 0.0396. The largest absolute Gasteiger partial charge is 0.494 e. The predicted molar refractivity (Wildman–Crippen MR) is 119 cm³/mol. The van der Waals surface area contributed by atoms with Gasteiger partial charge in [0.25, 0.3) is 0 Å². The molecule has 1 unspecified atom stereocenters. The van der Waals surface area contributed by atoms with Gasteiger partial charge in [0.2, 0.25) is 5.91 Å². The predicted octanol–water partition coefficient (Wildman–Crippen LogP) is 4.40. The maximum Gasteiger partial charge on any atom is 0.229 e. The van der Waals surface area contributed by atoms with Gasteiger partial charge in [-0.25, -0.2) is 0 Å². The molecule has 3 aromatic rings. The molecule has 1 saturated heterocycles. The monoisotopic (exact) mass is 402 g/mol. The van der Waals surface area contributed by atoms with Crippen LogP contribution in [0, 0.1) is 5.92 Å². The second-order valence-electron chi connectivity index (χ2n) is 7.37. The van der Waals surface area contributed by atoms with Crippen molar-refractivity contribution in [1.82, 2.24) is 10.2 Å². The Bertz CT molecular complexity index is 959. The Morgan fingerprint density at radius 3 is 2.57 bits per heavy atom. The van der Waals surface area contributed by atoms with E-state index in [0.29, 0.717) is 13.2 Å². The van der Waals surface area contributed by atoms with Gasteiger partial charge >= 0.3 is 0 Å². The summed E-state index contributed by atoms with van der Waals surface area (Å²) < 4.78 is 5.45. The molecule has 0 aliphatic carbocycles. The Kier molecular flexibility index (Phi) is 6.23. The zero-order valence-electron chi connectivity index (χ0n) is 17.1. The standard InChI is InChI=1S/C24H26N4O2/c1-2-30-21-12-10-20(11-13-21)25-24(29)19-9-6-16-28(17-19)23-15-14-22(26-27-23)18-7-4-3-5-8-18/h3-5,7-8,10-15,19H,2,6,9,16-17H2,1H3,(H,25,29). The summed E-state index contributed by atoms with van der Waals surface area (Å²) in [5, 5.41) is 11.8. The third-order valence-corrected chi connectivity index (χ3v) is 5.27. The third kappa shape index (κ3) is 4.76. The molecular weight excluding hydrogens is 376 g/mol. The van der Waals surface area contributed by atoms with E-state index in [9.17, 15) is 4.79 Å². The molecule has 0 spiro atoms. The zero-order valence-corrected chi connectivity index (χ0v) is 17.1. The number of amides is 1. The summed E-state index contributed by atoms with van der Waals surface area (Å²) in [6, 6.07) is 21.5. The van der Waals surface area contributed by atoms with Crippen LogP contribution in [-0.2, 0) is 4.79 Å². The molecule has 6 heteroatoms. The van der Waals surface area contributed by atoms with E-state index in [1.165, 1.54) is 0 Å². The lowest BCUT2D eigenvalue weighted by molar-refractivity contribution is -0.120. The molecule has 1 amide bonds. The first kappa shape index (κ1) is 19.9. The molecule has 6 nitrogen and oxygen atoms in total. The first-order valence-corrected chi connectivity index (χ1v) is 10.4. The van der Waals surface area contributed by atoms with Crippen molar-refractivity contribution in [1.29, 1.82) is 0 Å². The van der Waals surface area contributed by atoms with Gasteiger partial charge in [0.05, 0.1) is 18.2 Å². The maximum atomic E-state index is 12.8. The number of aromatic nitrogens is 2. The Morgan fingerprint density at radius 2 is 1.87 bits per heavy atom. The second kappa shape index (κ2) is 9.39. The van der Waals surface area contributed by atoms with E-state index >= 15 is 0 Å². The quantitative estimate of drug-likeness (QED) is 0.662. The fourth-order valence-electron chi connectivity index (χ4n) is 3.70. The summed E-state index contributed by atoms with van der Waals surface area (Å²) in [6.07, 6.45) is 1.82. The minimum atomic E-state index is -0.0825. The van der Waals surface area contributed by atoms with Crippen LogP contribution in [0.4, 0.5) is 11.5 Å². The van der Waals surface area contributed by atoms with Crippen LogP contribution in [-0.4, -0.2) is 35.8 Å². The molecule has 1 atom stereocenters. The highest BCUT2D eigenvalue weighted by molar-refractivity contribution is 5.93. The van der Waals surface area contributed by atoms with Gasteiger partial charge in [-0.1, -0.05) is 30.3 Å². The first-order valence-electron chi connectivity index (χ1n) is 10.4. The summed E-state index contributed by atoms with van der Waals surface area (Å²) in [5.74, 6) is 1.57. The lowest BCUT2D eigenvalue weighted by atomic mass is 9.97. The molecule has 2 heterocycles. The van der Waals surface area contributed by atoms with Crippen molar-refractivity contribution in [3.8, 4) is 17.0 Å². The van der Waals surface area contributed by atoms with Crippen LogP contribution in [0.3, 0.4) is 0 Å². The van der Waals surface area contributed by atoms with Gasteiger partial charge in [-0.15, -0.1) is 10.2 Å². The summed E-state index contributed by atoms with van der Waals surface area (Å²) in [4.78, 5) is 14.9. The number of rotatable bonds is 6. The van der Waals surface area contributed by atoms with E-state index < -0.39 is 0 Å². The molecule has 0 saturated carbocycles. The maximum absolute atomic E-state index is 12.8. The normalized spacial score (nSPS) is 16.2. The van der Waals surface area contributed by atoms with Crippen molar-refractivity contribution in [3.05, 3.63) is 66.7 Å². The fraction of sp³-hybridized carbons (Fsp3) is 0.292. The average Bonchev–Trinajstić information content (AvgIpc) is 2.81. The first-order chi connectivity index (χ1) is 14.7. The molecular formula is C24H26N4O2. The lowest BCUT2D eigenvalue weighted by Gasteiger charge is -2.32. The van der Waals surface area contributed by atoms with Crippen molar-refractivity contribution in [2.45, 2.75) is 19.8 Å². The summed E-state index contributed by atoms with van der Waals surface area (Å²) in [5.41, 5.74) is 2.68. The van der Waals surface area contributed by atoms with Crippen molar-refractivity contribution >= 4 is 17.4 Å². The van der Waals surface area contributed by atoms with Crippen LogP contribution >= 0.6 is 0 Å². The Hall–Kier alpha value is -3.41. The molecule has 1 N–H and O–H groups in total. The van der Waals surface area contributed by atoms with Gasteiger partial charge in [-0.2, -0.15) is 0 Å². The van der Waals surface area contributed by atoms with Crippen molar-refractivity contribution in [2.75, 3.05) is 29.9 Å². The minimum Gasteiger partial charge on any atom is -0.494 e. The van der Waals surface area contributed by atoms with Gasteiger partial charge < -0.3 is 15.0 Å². The molecule has 2 aromatic carbocycles. The van der Waals surface area contributed by atoms with Gasteiger partial charge in [-0.05, 0) is 56.2 Å². The van der Waals surface area contributed by atoms with E-state index in [1.54, 1.807) is 0 Å². The number of piperidine rings is 1. The molecule has 4 rings (SSSR count). The molecule has 30 heavy (non-hydrogen) atoms. The van der Waals surface area contributed by atoms with Crippen LogP contribution in [0.25, 0.3) is 11.3 Å². The molecule has 0 bridgehead atoms. The molecule has 1 aliphatic heterocycles. The number of ether oxygens (including phenoxy) is 1. The van der Waals surface area contributed by atoms with Crippen molar-refractivity contribution in [3.63, 3.8) is 0 Å². The van der Waals surface area contributed by atoms with Gasteiger partial charge in [0.1, 0.15) is 5.75 Å². The Balaban J connectivity index is 1.38. The zero-order chi connectivity index (χ0) is 20.8. The van der Waals surface area contributed by atoms with E-state index in [-0.39, 0.29) is 11.8 Å². The second-order valence-corrected chi connectivity index (χ2v) is 7.37. The number of carbonyl (C=O) groups is 1. The molecule has 1 fully saturated rings. The number of nitrogens with zero attached hydrogens (tertiary/aromatic N) is 3. The van der Waals surface area contributed by atoms with Crippen LogP contribution in [0.2, 0.25) is 0 Å². The average molecular weight is 402 g/mol. The van der Waals surface area contributed by atoms with Crippen LogP contribution in [0.15, 0.2) is 66.7 Å². The smallest absolute Gasteiger partial charge is 0.229 e. The van der Waals surface area contributed by atoms with Gasteiger partial charge in [0, 0.05) is 24.3 Å². The van der Waals surface area contributed by atoms with E-state index in [4.69, 9.17) is 4.74 Å². The van der Waals surface area contributed by atoms with Crippen molar-refractivity contribution < 1.29 is 9.53 Å². The highest BCUT2D eigenvalue weighted by Gasteiger charge is 2.27. The molecule has 0 radical (unpaired) electrons. The number of hydrogen-bond acceptors (Lipinski definition) is 5. The van der Waals surface area contributed by atoms with Crippen LogP contribution in [0.1, 0.15) is 19.8 Å². The number of hydrogen-bond donors (Lipinski definition) is 1. The fourth-order valence-corrected chi connectivity index (χ4v) is 3.70. The Labute approximate surface area is 176 Å². The van der Waals surface area contributed by atoms with Crippen LogP contribution < -0.4 is 15.0 Å².